The zero-order valence-electron chi connectivity index (χ0n) is 23.2. The molecule has 5 heteroatoms. The summed E-state index contributed by atoms with van der Waals surface area (Å²) in [6.45, 7) is 11.0. The van der Waals surface area contributed by atoms with Crippen LogP contribution in [0.25, 0.3) is 0 Å². The predicted molar refractivity (Wildman–Crippen MR) is 153 cm³/mol. The van der Waals surface area contributed by atoms with Gasteiger partial charge in [0.1, 0.15) is 17.2 Å². The van der Waals surface area contributed by atoms with E-state index in [0.29, 0.717) is 17.9 Å². The van der Waals surface area contributed by atoms with Gasteiger partial charge in [-0.15, -0.1) is 0 Å². The Morgan fingerprint density at radius 1 is 0.639 bits per heavy atom. The van der Waals surface area contributed by atoms with E-state index in [2.05, 4.69) is 26.9 Å². The Bertz CT molecular complexity index is 846. The molecule has 36 heavy (non-hydrogen) atoms. The SMILES string of the molecule is CCCCCCCCOc1ccc(OC(=O)c2ccc(OCCCCCC[Si](C)(C)CC)cc2)cc1. The van der Waals surface area contributed by atoms with Gasteiger partial charge in [-0.05, 0) is 61.4 Å². The first-order chi connectivity index (χ1) is 17.4. The molecule has 0 aromatic heterocycles. The lowest BCUT2D eigenvalue weighted by Gasteiger charge is -2.19. The monoisotopic (exact) mass is 512 g/mol. The molecule has 0 unspecified atom stereocenters. The molecule has 0 radical (unpaired) electrons. The van der Waals surface area contributed by atoms with Crippen LogP contribution in [0.1, 0.15) is 88.4 Å². The van der Waals surface area contributed by atoms with Crippen LogP contribution in [0.5, 0.6) is 17.2 Å². The fourth-order valence-corrected chi connectivity index (χ4v) is 5.52. The third kappa shape index (κ3) is 12.6. The molecule has 2 aromatic carbocycles. The Labute approximate surface area is 220 Å². The van der Waals surface area contributed by atoms with Gasteiger partial charge in [-0.25, -0.2) is 4.79 Å². The smallest absolute Gasteiger partial charge is 0.343 e. The van der Waals surface area contributed by atoms with Gasteiger partial charge in [-0.2, -0.15) is 0 Å². The third-order valence-electron chi connectivity index (χ3n) is 6.86. The summed E-state index contributed by atoms with van der Waals surface area (Å²) in [5.41, 5.74) is 0.508. The number of ether oxygens (including phenoxy) is 3. The van der Waals surface area contributed by atoms with E-state index in [0.717, 1.165) is 30.9 Å². The largest absolute Gasteiger partial charge is 0.494 e. The molecule has 4 nitrogen and oxygen atoms in total. The van der Waals surface area contributed by atoms with Gasteiger partial charge in [-0.3, -0.25) is 0 Å². The standard InChI is InChI=1S/C31H48O4Si/c1-5-7-8-9-10-13-24-34-29-20-22-30(23-21-29)35-31(32)27-16-18-28(19-17-27)33-25-14-11-12-15-26-36(3,4)6-2/h16-23H,5-15,24-26H2,1-4H3. The molecule has 2 rings (SSSR count). The van der Waals surface area contributed by atoms with Crippen LogP contribution < -0.4 is 14.2 Å². The van der Waals surface area contributed by atoms with Crippen molar-refractivity contribution in [1.29, 1.82) is 0 Å². The van der Waals surface area contributed by atoms with Gasteiger partial charge >= 0.3 is 5.97 Å². The fraction of sp³-hybridized carbons (Fsp3) is 0.581. The maximum atomic E-state index is 12.5. The molecule has 0 saturated heterocycles. The molecule has 0 amide bonds. The minimum absolute atomic E-state index is 0.374. The predicted octanol–water partition coefficient (Wildman–Crippen LogP) is 9.31. The average Bonchev–Trinajstić information content (AvgIpc) is 2.89. The summed E-state index contributed by atoms with van der Waals surface area (Å²) in [5, 5.41) is 0. The first kappa shape index (κ1) is 30.0. The van der Waals surface area contributed by atoms with Crippen LogP contribution >= 0.6 is 0 Å². The Balaban J connectivity index is 1.63. The number of unbranched alkanes of at least 4 members (excludes halogenated alkanes) is 8. The number of hydrogen-bond acceptors (Lipinski definition) is 4. The normalized spacial score (nSPS) is 11.3. The van der Waals surface area contributed by atoms with Gasteiger partial charge in [0.05, 0.1) is 18.8 Å². The van der Waals surface area contributed by atoms with E-state index < -0.39 is 8.07 Å². The Morgan fingerprint density at radius 2 is 1.11 bits per heavy atom. The summed E-state index contributed by atoms with van der Waals surface area (Å²) in [5.74, 6) is 1.73. The number of carbonyl (C=O) groups excluding carboxylic acids is 1. The molecular formula is C31H48O4Si. The number of esters is 1. The van der Waals surface area contributed by atoms with Crippen molar-refractivity contribution in [2.45, 2.75) is 103 Å². The van der Waals surface area contributed by atoms with E-state index in [1.807, 2.05) is 24.3 Å². The fourth-order valence-electron chi connectivity index (χ4n) is 3.96. The maximum Gasteiger partial charge on any atom is 0.343 e. The van der Waals surface area contributed by atoms with E-state index in [1.165, 1.54) is 63.5 Å². The highest BCUT2D eigenvalue weighted by Crippen LogP contribution is 2.21. The van der Waals surface area contributed by atoms with Gasteiger partial charge in [0.25, 0.3) is 0 Å². The zero-order valence-corrected chi connectivity index (χ0v) is 24.2. The van der Waals surface area contributed by atoms with Crippen LogP contribution in [-0.2, 0) is 0 Å². The Hall–Kier alpha value is -2.27. The maximum absolute atomic E-state index is 12.5. The number of benzene rings is 2. The summed E-state index contributed by atoms with van der Waals surface area (Å²) in [6.07, 6.45) is 12.4. The van der Waals surface area contributed by atoms with Crippen molar-refractivity contribution in [2.75, 3.05) is 13.2 Å². The lowest BCUT2D eigenvalue weighted by molar-refractivity contribution is 0.0734. The minimum Gasteiger partial charge on any atom is -0.494 e. The molecule has 0 aliphatic carbocycles. The molecule has 2 aromatic rings. The van der Waals surface area contributed by atoms with Gasteiger partial charge in [0, 0.05) is 8.07 Å². The van der Waals surface area contributed by atoms with Gasteiger partial charge in [0.15, 0.2) is 0 Å². The van der Waals surface area contributed by atoms with Crippen molar-refractivity contribution in [2.24, 2.45) is 0 Å². The molecule has 0 spiro atoms. The summed E-state index contributed by atoms with van der Waals surface area (Å²) < 4.78 is 17.2. The molecule has 0 aliphatic rings. The van der Waals surface area contributed by atoms with Gasteiger partial charge in [0.2, 0.25) is 0 Å². The summed E-state index contributed by atoms with van der Waals surface area (Å²) in [6, 6.07) is 17.2. The van der Waals surface area contributed by atoms with Crippen molar-refractivity contribution >= 4 is 14.0 Å². The van der Waals surface area contributed by atoms with Gasteiger partial charge in [-0.1, -0.05) is 90.4 Å². The zero-order chi connectivity index (χ0) is 26.1. The second-order valence-electron chi connectivity index (χ2n) is 10.5. The first-order valence-corrected chi connectivity index (χ1v) is 17.5. The highest BCUT2D eigenvalue weighted by molar-refractivity contribution is 6.77. The number of hydrogen-bond donors (Lipinski definition) is 0. The van der Waals surface area contributed by atoms with Crippen LogP contribution in [0.15, 0.2) is 48.5 Å². The first-order valence-electron chi connectivity index (χ1n) is 14.1. The van der Waals surface area contributed by atoms with Crippen molar-refractivity contribution in [3.05, 3.63) is 54.1 Å². The van der Waals surface area contributed by atoms with Crippen molar-refractivity contribution in [1.82, 2.24) is 0 Å². The molecule has 0 atom stereocenters. The van der Waals surface area contributed by atoms with Crippen molar-refractivity contribution in [3.8, 4) is 17.2 Å². The number of rotatable bonds is 19. The third-order valence-corrected chi connectivity index (χ3v) is 10.5. The lowest BCUT2D eigenvalue weighted by atomic mass is 10.1. The highest BCUT2D eigenvalue weighted by atomic mass is 28.3. The Kier molecular flexibility index (Phi) is 14.3. The van der Waals surface area contributed by atoms with Crippen molar-refractivity contribution in [3.63, 3.8) is 0 Å². The molecule has 0 aliphatic heterocycles. The topological polar surface area (TPSA) is 44.8 Å². The molecule has 0 fully saturated rings. The Morgan fingerprint density at radius 3 is 1.67 bits per heavy atom. The van der Waals surface area contributed by atoms with E-state index in [1.54, 1.807) is 24.3 Å². The molecular weight excluding hydrogens is 464 g/mol. The van der Waals surface area contributed by atoms with Gasteiger partial charge < -0.3 is 14.2 Å². The lowest BCUT2D eigenvalue weighted by Crippen LogP contribution is -2.22. The quantitative estimate of drug-likeness (QED) is 0.0814. The summed E-state index contributed by atoms with van der Waals surface area (Å²) >= 11 is 0. The minimum atomic E-state index is -0.927. The summed E-state index contributed by atoms with van der Waals surface area (Å²) in [4.78, 5) is 12.5. The van der Waals surface area contributed by atoms with Crippen LogP contribution in [0, 0.1) is 0 Å². The van der Waals surface area contributed by atoms with E-state index in [4.69, 9.17) is 14.2 Å². The molecule has 0 saturated carbocycles. The van der Waals surface area contributed by atoms with E-state index >= 15 is 0 Å². The van der Waals surface area contributed by atoms with E-state index in [9.17, 15) is 4.79 Å². The summed E-state index contributed by atoms with van der Waals surface area (Å²) in [7, 11) is -0.927. The van der Waals surface area contributed by atoms with Crippen LogP contribution in [0.3, 0.4) is 0 Å². The molecule has 0 bridgehead atoms. The second kappa shape index (κ2) is 17.2. The van der Waals surface area contributed by atoms with Crippen LogP contribution in [0.4, 0.5) is 0 Å². The number of carbonyl (C=O) groups is 1. The van der Waals surface area contributed by atoms with Crippen LogP contribution in [-0.4, -0.2) is 27.3 Å². The second-order valence-corrected chi connectivity index (χ2v) is 16.1. The van der Waals surface area contributed by atoms with Crippen LogP contribution in [0.2, 0.25) is 25.2 Å². The molecule has 0 heterocycles. The molecule has 200 valence electrons. The molecule has 0 N–H and O–H groups in total. The highest BCUT2D eigenvalue weighted by Gasteiger charge is 2.16. The van der Waals surface area contributed by atoms with Crippen molar-refractivity contribution < 1.29 is 19.0 Å². The average molecular weight is 513 g/mol. The van der Waals surface area contributed by atoms with E-state index in [-0.39, 0.29) is 5.97 Å².